The monoisotopic (exact) mass is 268 g/mol. The molecule has 76 valence electrons. The fourth-order valence-corrected chi connectivity index (χ4v) is 1.54. The molecule has 7 heteroatoms. The molecule has 0 bridgehead atoms. The maximum absolute atomic E-state index is 10.5. The predicted octanol–water partition coefficient (Wildman–Crippen LogP) is 1.94. The Hall–Kier alpha value is -1.76. The molecular weight excluding hydrogens is 264 g/mol. The topological polar surface area (TPSA) is 73.8 Å². The molecule has 0 saturated carbocycles. The summed E-state index contributed by atoms with van der Waals surface area (Å²) in [5.74, 6) is 0.574. The van der Waals surface area contributed by atoms with Crippen LogP contribution in [0.2, 0.25) is 0 Å². The van der Waals surface area contributed by atoms with Crippen LogP contribution in [0.25, 0.3) is 5.82 Å². The molecule has 0 unspecified atom stereocenters. The number of rotatable bonds is 2. The molecule has 6 nitrogen and oxygen atoms in total. The molecule has 0 spiro atoms. The fraction of sp³-hybridized carbons (Fsp3) is 0. The van der Waals surface area contributed by atoms with Gasteiger partial charge in [-0.15, -0.1) is 0 Å². The van der Waals surface area contributed by atoms with E-state index in [0.29, 0.717) is 10.3 Å². The number of halogens is 1. The Morgan fingerprint density at radius 3 is 2.87 bits per heavy atom. The summed E-state index contributed by atoms with van der Waals surface area (Å²) in [7, 11) is 0. The highest BCUT2D eigenvalue weighted by Crippen LogP contribution is 2.24. The van der Waals surface area contributed by atoms with Gasteiger partial charge in [-0.3, -0.25) is 14.7 Å². The van der Waals surface area contributed by atoms with E-state index in [2.05, 4.69) is 25.9 Å². The Kier molecular flexibility index (Phi) is 2.46. The lowest BCUT2D eigenvalue weighted by atomic mass is 10.4. The molecule has 2 aromatic rings. The van der Waals surface area contributed by atoms with Crippen LogP contribution in [0.15, 0.2) is 35.5 Å². The van der Waals surface area contributed by atoms with Crippen molar-refractivity contribution in [3.63, 3.8) is 0 Å². The largest absolute Gasteiger partial charge is 0.301 e. The number of imidazole rings is 1. The summed E-state index contributed by atoms with van der Waals surface area (Å²) in [6, 6.07) is 1.57. The van der Waals surface area contributed by atoms with E-state index in [1.807, 2.05) is 0 Å². The minimum atomic E-state index is -0.491. The molecule has 0 aliphatic carbocycles. The average Bonchev–Trinajstić information content (AvgIpc) is 2.69. The minimum Gasteiger partial charge on any atom is -0.290 e. The minimum absolute atomic E-state index is 0.0566. The number of hydrogen-bond donors (Lipinski definition) is 0. The van der Waals surface area contributed by atoms with E-state index in [1.54, 1.807) is 29.4 Å². The third kappa shape index (κ3) is 1.86. The van der Waals surface area contributed by atoms with E-state index in [4.69, 9.17) is 0 Å². The van der Waals surface area contributed by atoms with E-state index in [9.17, 15) is 10.1 Å². The molecule has 0 fully saturated rings. The predicted molar refractivity (Wildman–Crippen MR) is 55.7 cm³/mol. The molecule has 0 atom stereocenters. The highest BCUT2D eigenvalue weighted by Gasteiger charge is 2.13. The molecule has 0 N–H and O–H groups in total. The first-order valence-corrected chi connectivity index (χ1v) is 4.76. The van der Waals surface area contributed by atoms with Gasteiger partial charge in [-0.2, -0.15) is 0 Å². The van der Waals surface area contributed by atoms with Crippen LogP contribution in [0.5, 0.6) is 0 Å². The van der Waals surface area contributed by atoms with Crippen LogP contribution < -0.4 is 0 Å². The summed E-state index contributed by atoms with van der Waals surface area (Å²) in [4.78, 5) is 17.9. The van der Waals surface area contributed by atoms with Gasteiger partial charge in [-0.25, -0.2) is 9.97 Å². The second-order valence-corrected chi connectivity index (χ2v) is 3.58. The number of hydrogen-bond acceptors (Lipinski definition) is 4. The van der Waals surface area contributed by atoms with Gasteiger partial charge in [-0.1, -0.05) is 0 Å². The molecule has 0 amide bonds. The fourth-order valence-electron chi connectivity index (χ4n) is 1.08. The Morgan fingerprint density at radius 2 is 2.33 bits per heavy atom. The molecular formula is C8H5BrN4O2. The second kappa shape index (κ2) is 3.77. The van der Waals surface area contributed by atoms with Crippen LogP contribution in [0.3, 0.4) is 0 Å². The zero-order valence-electron chi connectivity index (χ0n) is 7.37. The third-order valence-electron chi connectivity index (χ3n) is 1.79. The first kappa shape index (κ1) is 9.78. The normalized spacial score (nSPS) is 10.2. The van der Waals surface area contributed by atoms with Crippen molar-refractivity contribution in [1.82, 2.24) is 14.5 Å². The van der Waals surface area contributed by atoms with Crippen molar-refractivity contribution in [2.45, 2.75) is 0 Å². The molecule has 0 saturated heterocycles. The van der Waals surface area contributed by atoms with Gasteiger partial charge >= 0.3 is 5.69 Å². The number of nitro groups is 1. The van der Waals surface area contributed by atoms with Gasteiger partial charge in [0.2, 0.25) is 0 Å². The summed E-state index contributed by atoms with van der Waals surface area (Å²) in [6.45, 7) is 0. The van der Waals surface area contributed by atoms with Crippen molar-refractivity contribution in [3.05, 3.63) is 45.6 Å². The molecule has 15 heavy (non-hydrogen) atoms. The zero-order valence-corrected chi connectivity index (χ0v) is 8.96. The Morgan fingerprint density at radius 1 is 1.53 bits per heavy atom. The molecule has 2 rings (SSSR count). The van der Waals surface area contributed by atoms with Gasteiger partial charge in [0.25, 0.3) is 0 Å². The Bertz CT molecular complexity index is 497. The second-order valence-electron chi connectivity index (χ2n) is 2.72. The van der Waals surface area contributed by atoms with Gasteiger partial charge in [0.1, 0.15) is 22.8 Å². The molecule has 2 aromatic heterocycles. The van der Waals surface area contributed by atoms with Crippen LogP contribution in [-0.4, -0.2) is 19.5 Å². The smallest absolute Gasteiger partial charge is 0.290 e. The standard InChI is InChI=1S/C8H5BrN4O2/c9-6-3-8(12-2-1-10-5-12)11-4-7(6)13(14)15/h1-5H. The average molecular weight is 269 g/mol. The molecule has 0 aromatic carbocycles. The van der Waals surface area contributed by atoms with Crippen molar-refractivity contribution in [3.8, 4) is 5.82 Å². The van der Waals surface area contributed by atoms with E-state index < -0.39 is 4.92 Å². The lowest BCUT2D eigenvalue weighted by Crippen LogP contribution is -1.97. The summed E-state index contributed by atoms with van der Waals surface area (Å²) >= 11 is 3.12. The summed E-state index contributed by atoms with van der Waals surface area (Å²) in [5.41, 5.74) is -0.0566. The lowest BCUT2D eigenvalue weighted by Gasteiger charge is -2.01. The van der Waals surface area contributed by atoms with Crippen molar-refractivity contribution in [1.29, 1.82) is 0 Å². The maximum Gasteiger partial charge on any atom is 0.301 e. The van der Waals surface area contributed by atoms with Crippen LogP contribution >= 0.6 is 15.9 Å². The molecule has 0 aliphatic heterocycles. The summed E-state index contributed by atoms with van der Waals surface area (Å²) in [6.07, 6.45) is 6.09. The van der Waals surface area contributed by atoms with Crippen LogP contribution in [0.1, 0.15) is 0 Å². The Labute approximate surface area is 92.9 Å². The van der Waals surface area contributed by atoms with Gasteiger partial charge in [0.15, 0.2) is 0 Å². The van der Waals surface area contributed by atoms with Crippen molar-refractivity contribution in [2.75, 3.05) is 0 Å². The van der Waals surface area contributed by atoms with Gasteiger partial charge < -0.3 is 0 Å². The van der Waals surface area contributed by atoms with Crippen LogP contribution in [-0.2, 0) is 0 Å². The first-order chi connectivity index (χ1) is 7.18. The van der Waals surface area contributed by atoms with Gasteiger partial charge in [0.05, 0.1) is 4.92 Å². The van der Waals surface area contributed by atoms with E-state index in [-0.39, 0.29) is 5.69 Å². The van der Waals surface area contributed by atoms with E-state index in [1.165, 1.54) is 6.20 Å². The van der Waals surface area contributed by atoms with Crippen LogP contribution in [0, 0.1) is 10.1 Å². The van der Waals surface area contributed by atoms with Crippen LogP contribution in [0.4, 0.5) is 5.69 Å². The molecule has 0 radical (unpaired) electrons. The van der Waals surface area contributed by atoms with E-state index in [0.717, 1.165) is 0 Å². The maximum atomic E-state index is 10.5. The Balaban J connectivity index is 2.47. The zero-order chi connectivity index (χ0) is 10.8. The van der Waals surface area contributed by atoms with E-state index >= 15 is 0 Å². The molecule has 0 aliphatic rings. The summed E-state index contributed by atoms with van der Waals surface area (Å²) in [5, 5.41) is 10.5. The number of pyridine rings is 1. The SMILES string of the molecule is O=[N+]([O-])c1cnc(-n2ccnc2)cc1Br. The quantitative estimate of drug-likeness (QED) is 0.616. The van der Waals surface area contributed by atoms with Gasteiger partial charge in [0, 0.05) is 18.5 Å². The third-order valence-corrected chi connectivity index (χ3v) is 2.42. The first-order valence-electron chi connectivity index (χ1n) is 3.97. The highest BCUT2D eigenvalue weighted by atomic mass is 79.9. The number of aromatic nitrogens is 3. The lowest BCUT2D eigenvalue weighted by molar-refractivity contribution is -0.386. The molecule has 2 heterocycles. The summed E-state index contributed by atoms with van der Waals surface area (Å²) < 4.78 is 2.06. The van der Waals surface area contributed by atoms with Crippen molar-refractivity contribution in [2.24, 2.45) is 0 Å². The van der Waals surface area contributed by atoms with Crippen molar-refractivity contribution < 1.29 is 4.92 Å². The van der Waals surface area contributed by atoms with Crippen molar-refractivity contribution >= 4 is 21.6 Å². The number of nitrogens with zero attached hydrogens (tertiary/aromatic N) is 4. The van der Waals surface area contributed by atoms with Gasteiger partial charge in [-0.05, 0) is 15.9 Å². The highest BCUT2D eigenvalue weighted by molar-refractivity contribution is 9.10.